The van der Waals surface area contributed by atoms with Gasteiger partial charge in [-0.1, -0.05) is 12.1 Å². The van der Waals surface area contributed by atoms with Crippen molar-refractivity contribution in [2.45, 2.75) is 31.8 Å². The molecular formula is C23H33N5O3. The Kier molecular flexibility index (Phi) is 6.87. The van der Waals surface area contributed by atoms with Crippen LogP contribution in [0.1, 0.15) is 35.2 Å². The molecule has 3 amide bonds. The molecule has 3 aliphatic heterocycles. The molecule has 168 valence electrons. The van der Waals surface area contributed by atoms with Gasteiger partial charge in [0.1, 0.15) is 12.6 Å². The van der Waals surface area contributed by atoms with Crippen LogP contribution >= 0.6 is 0 Å². The second-order valence-electron chi connectivity index (χ2n) is 8.89. The number of carbonyl (C=O) groups is 3. The third kappa shape index (κ3) is 5.25. The van der Waals surface area contributed by atoms with E-state index in [2.05, 4.69) is 22.2 Å². The number of amides is 3. The Morgan fingerprint density at radius 2 is 1.77 bits per heavy atom. The highest BCUT2D eigenvalue weighted by atomic mass is 16.2. The second kappa shape index (κ2) is 9.78. The Bertz CT molecular complexity index is 804. The van der Waals surface area contributed by atoms with Crippen molar-refractivity contribution in [1.29, 1.82) is 0 Å². The van der Waals surface area contributed by atoms with Crippen LogP contribution in [0.4, 0.5) is 0 Å². The molecule has 8 heteroatoms. The molecule has 0 aromatic heterocycles. The van der Waals surface area contributed by atoms with Gasteiger partial charge in [0.15, 0.2) is 0 Å². The van der Waals surface area contributed by atoms with E-state index < -0.39 is 0 Å². The van der Waals surface area contributed by atoms with E-state index in [1.54, 1.807) is 21.9 Å². The minimum absolute atomic E-state index is 0.0423. The van der Waals surface area contributed by atoms with Crippen LogP contribution in [0.3, 0.4) is 0 Å². The van der Waals surface area contributed by atoms with E-state index in [0.717, 1.165) is 57.5 Å². The first-order chi connectivity index (χ1) is 15.0. The highest BCUT2D eigenvalue weighted by Gasteiger charge is 2.40. The summed E-state index contributed by atoms with van der Waals surface area (Å²) in [6.45, 7) is 6.95. The first-order valence-electron chi connectivity index (χ1n) is 11.4. The number of piperidine rings is 1. The van der Waals surface area contributed by atoms with Crippen LogP contribution in [-0.2, 0) is 16.1 Å². The number of carbonyl (C=O) groups excluding carboxylic acids is 3. The zero-order valence-electron chi connectivity index (χ0n) is 18.4. The molecule has 0 unspecified atom stereocenters. The van der Waals surface area contributed by atoms with Crippen molar-refractivity contribution in [3.8, 4) is 0 Å². The smallest absolute Gasteiger partial charge is 0.251 e. The van der Waals surface area contributed by atoms with Gasteiger partial charge in [0, 0.05) is 57.9 Å². The number of hydrogen-bond acceptors (Lipinski definition) is 5. The molecule has 8 nitrogen and oxygen atoms in total. The lowest BCUT2D eigenvalue weighted by Gasteiger charge is -2.42. The van der Waals surface area contributed by atoms with Crippen molar-refractivity contribution in [1.82, 2.24) is 24.9 Å². The summed E-state index contributed by atoms with van der Waals surface area (Å²) < 4.78 is 0. The van der Waals surface area contributed by atoms with Crippen LogP contribution < -0.4 is 5.32 Å². The summed E-state index contributed by atoms with van der Waals surface area (Å²) >= 11 is 0. The number of fused-ring (bicyclic) bond motifs is 1. The molecular weight excluding hydrogens is 394 g/mol. The summed E-state index contributed by atoms with van der Waals surface area (Å²) in [6.07, 6.45) is 2.73. The van der Waals surface area contributed by atoms with Crippen LogP contribution in [0.15, 0.2) is 24.3 Å². The molecule has 31 heavy (non-hydrogen) atoms. The van der Waals surface area contributed by atoms with Gasteiger partial charge in [-0.3, -0.25) is 19.3 Å². The second-order valence-corrected chi connectivity index (χ2v) is 8.89. The number of benzene rings is 1. The highest BCUT2D eigenvalue weighted by molar-refractivity contribution is 5.95. The number of piperazine rings is 2. The van der Waals surface area contributed by atoms with Crippen molar-refractivity contribution in [2.75, 3.05) is 59.4 Å². The standard InChI is InChI=1S/C23H33N5O3/c1-25-12-14-26(15-13-25)11-9-24-22(30)19-7-5-18(6-8-19)16-27-17-21(29)28-10-3-2-4-20(28)23(27)31/h5-8,20H,2-4,9-17H2,1H3,(H,24,30)/t20-/m0/s1. The van der Waals surface area contributed by atoms with Crippen molar-refractivity contribution in [3.05, 3.63) is 35.4 Å². The van der Waals surface area contributed by atoms with Crippen LogP contribution in [0.25, 0.3) is 0 Å². The van der Waals surface area contributed by atoms with Crippen LogP contribution in [-0.4, -0.2) is 103 Å². The predicted octanol–water partition coefficient (Wildman–Crippen LogP) is 0.387. The van der Waals surface area contributed by atoms with Crippen molar-refractivity contribution in [3.63, 3.8) is 0 Å². The maximum Gasteiger partial charge on any atom is 0.251 e. The van der Waals surface area contributed by atoms with Crippen LogP contribution in [0.2, 0.25) is 0 Å². The topological polar surface area (TPSA) is 76.2 Å². The van der Waals surface area contributed by atoms with Crippen LogP contribution in [0.5, 0.6) is 0 Å². The fourth-order valence-corrected chi connectivity index (χ4v) is 4.65. The molecule has 0 aliphatic carbocycles. The molecule has 0 saturated carbocycles. The van der Waals surface area contributed by atoms with Gasteiger partial charge in [-0.15, -0.1) is 0 Å². The van der Waals surface area contributed by atoms with Gasteiger partial charge in [0.2, 0.25) is 11.8 Å². The normalized spacial score (nSPS) is 23.1. The quantitative estimate of drug-likeness (QED) is 0.711. The summed E-state index contributed by atoms with van der Waals surface area (Å²) in [7, 11) is 2.13. The number of nitrogens with one attached hydrogen (secondary N) is 1. The lowest BCUT2D eigenvalue weighted by atomic mass is 9.98. The largest absolute Gasteiger partial charge is 0.351 e. The molecule has 4 rings (SSSR count). The van der Waals surface area contributed by atoms with E-state index in [1.807, 2.05) is 12.1 Å². The minimum Gasteiger partial charge on any atom is -0.351 e. The van der Waals surface area contributed by atoms with Crippen molar-refractivity contribution in [2.24, 2.45) is 0 Å². The lowest BCUT2D eigenvalue weighted by Crippen LogP contribution is -2.60. The van der Waals surface area contributed by atoms with Gasteiger partial charge < -0.3 is 20.0 Å². The van der Waals surface area contributed by atoms with Crippen molar-refractivity contribution < 1.29 is 14.4 Å². The number of hydrogen-bond donors (Lipinski definition) is 1. The molecule has 1 atom stereocenters. The van der Waals surface area contributed by atoms with E-state index in [9.17, 15) is 14.4 Å². The van der Waals surface area contributed by atoms with Crippen molar-refractivity contribution >= 4 is 17.7 Å². The number of rotatable bonds is 6. The van der Waals surface area contributed by atoms with E-state index in [-0.39, 0.29) is 30.3 Å². The summed E-state index contributed by atoms with van der Waals surface area (Å²) in [5.74, 6) is 0.00780. The van der Waals surface area contributed by atoms with Gasteiger partial charge in [0.25, 0.3) is 5.91 Å². The fraction of sp³-hybridized carbons (Fsp3) is 0.609. The molecule has 0 spiro atoms. The Morgan fingerprint density at radius 3 is 2.52 bits per heavy atom. The maximum atomic E-state index is 12.8. The van der Waals surface area contributed by atoms with E-state index in [4.69, 9.17) is 0 Å². The molecule has 3 fully saturated rings. The average molecular weight is 428 g/mol. The lowest BCUT2D eigenvalue weighted by molar-refractivity contribution is -0.158. The highest BCUT2D eigenvalue weighted by Crippen LogP contribution is 2.24. The van der Waals surface area contributed by atoms with Crippen LogP contribution in [0, 0.1) is 0 Å². The third-order valence-corrected chi connectivity index (χ3v) is 6.65. The Labute approximate surface area is 184 Å². The fourth-order valence-electron chi connectivity index (χ4n) is 4.65. The Hall–Kier alpha value is -2.45. The van der Waals surface area contributed by atoms with E-state index in [0.29, 0.717) is 25.2 Å². The predicted molar refractivity (Wildman–Crippen MR) is 117 cm³/mol. The molecule has 1 aromatic rings. The SMILES string of the molecule is CN1CCN(CCNC(=O)c2ccc(CN3CC(=O)N4CCCC[C@H]4C3=O)cc2)CC1. The first-order valence-corrected chi connectivity index (χ1v) is 11.4. The van der Waals surface area contributed by atoms with Gasteiger partial charge in [-0.2, -0.15) is 0 Å². The Morgan fingerprint density at radius 1 is 1.03 bits per heavy atom. The van der Waals surface area contributed by atoms with E-state index >= 15 is 0 Å². The maximum absolute atomic E-state index is 12.8. The summed E-state index contributed by atoms with van der Waals surface area (Å²) in [6, 6.07) is 7.05. The zero-order valence-corrected chi connectivity index (χ0v) is 18.4. The van der Waals surface area contributed by atoms with Gasteiger partial charge in [-0.05, 0) is 44.0 Å². The minimum atomic E-state index is -0.291. The molecule has 0 bridgehead atoms. The summed E-state index contributed by atoms with van der Waals surface area (Å²) in [4.78, 5) is 45.8. The Balaban J connectivity index is 1.26. The third-order valence-electron chi connectivity index (χ3n) is 6.65. The van der Waals surface area contributed by atoms with Gasteiger partial charge in [0.05, 0.1) is 0 Å². The molecule has 1 N–H and O–H groups in total. The molecule has 1 aromatic carbocycles. The zero-order chi connectivity index (χ0) is 21.8. The molecule has 3 saturated heterocycles. The molecule has 0 radical (unpaired) electrons. The van der Waals surface area contributed by atoms with E-state index in [1.165, 1.54) is 0 Å². The first kappa shape index (κ1) is 21.8. The molecule has 3 heterocycles. The average Bonchev–Trinajstić information content (AvgIpc) is 2.79. The monoisotopic (exact) mass is 427 g/mol. The number of nitrogens with zero attached hydrogens (tertiary/aromatic N) is 4. The molecule has 3 aliphatic rings. The van der Waals surface area contributed by atoms with Gasteiger partial charge in [-0.25, -0.2) is 0 Å². The summed E-state index contributed by atoms with van der Waals surface area (Å²) in [5.41, 5.74) is 1.54. The van der Waals surface area contributed by atoms with Gasteiger partial charge >= 0.3 is 0 Å². The summed E-state index contributed by atoms with van der Waals surface area (Å²) in [5, 5.41) is 2.99. The number of likely N-dealkylation sites (N-methyl/N-ethyl adjacent to an activating group) is 1.